The second kappa shape index (κ2) is 5.34. The first-order valence-corrected chi connectivity index (χ1v) is 6.07. The number of hydrogen-bond donors (Lipinski definition) is 1. The van der Waals surface area contributed by atoms with E-state index in [9.17, 15) is 14.7 Å². The first-order chi connectivity index (χ1) is 7.82. The van der Waals surface area contributed by atoms with E-state index >= 15 is 0 Å². The van der Waals surface area contributed by atoms with Crippen LogP contribution in [0.15, 0.2) is 11.8 Å². The smallest absolute Gasteiger partial charge is 0.288 e. The van der Waals surface area contributed by atoms with Gasteiger partial charge in [-0.25, -0.2) is 0 Å². The molecule has 0 aromatic heterocycles. The molecule has 1 saturated heterocycles. The fraction of sp³-hybridized carbons (Fsp3) is 0.692. The lowest BCUT2D eigenvalue weighted by atomic mass is 9.90. The summed E-state index contributed by atoms with van der Waals surface area (Å²) in [7, 11) is 0. The van der Waals surface area contributed by atoms with E-state index in [-0.39, 0.29) is 5.78 Å². The summed E-state index contributed by atoms with van der Waals surface area (Å²) >= 11 is 0. The maximum Gasteiger partial charge on any atom is 0.288 e. The Bertz CT molecular complexity index is 333. The Balaban J connectivity index is 2.68. The molecule has 4 heteroatoms. The Morgan fingerprint density at radius 1 is 1.12 bits per heavy atom. The van der Waals surface area contributed by atoms with Gasteiger partial charge in [0.1, 0.15) is 0 Å². The molecule has 0 unspecified atom stereocenters. The lowest BCUT2D eigenvalue weighted by molar-refractivity contribution is -0.131. The molecule has 1 N–H and O–H groups in total. The molecule has 0 spiro atoms. The zero-order valence-electron chi connectivity index (χ0n) is 10.8. The molecule has 0 aromatic rings. The Kier molecular flexibility index (Phi) is 4.32. The Morgan fingerprint density at radius 3 is 2.12 bits per heavy atom. The van der Waals surface area contributed by atoms with Gasteiger partial charge < -0.3 is 10.0 Å². The second-order valence-electron chi connectivity index (χ2n) is 5.50. The van der Waals surface area contributed by atoms with Crippen molar-refractivity contribution < 1.29 is 14.7 Å². The van der Waals surface area contributed by atoms with E-state index in [2.05, 4.69) is 0 Å². The van der Waals surface area contributed by atoms with Gasteiger partial charge in [-0.15, -0.1) is 0 Å². The van der Waals surface area contributed by atoms with Gasteiger partial charge in [-0.1, -0.05) is 20.8 Å². The molecule has 1 aliphatic rings. The maximum absolute atomic E-state index is 11.8. The van der Waals surface area contributed by atoms with Gasteiger partial charge in [-0.05, 0) is 19.3 Å². The molecule has 96 valence electrons. The van der Waals surface area contributed by atoms with Crippen LogP contribution < -0.4 is 0 Å². The van der Waals surface area contributed by atoms with E-state index in [1.54, 1.807) is 25.7 Å². The molecule has 1 rings (SSSR count). The summed E-state index contributed by atoms with van der Waals surface area (Å²) in [4.78, 5) is 25.1. The summed E-state index contributed by atoms with van der Waals surface area (Å²) in [6.45, 7) is 6.60. The van der Waals surface area contributed by atoms with Crippen LogP contribution in [0.1, 0.15) is 40.0 Å². The fourth-order valence-corrected chi connectivity index (χ4v) is 1.66. The Labute approximate surface area is 102 Å². The van der Waals surface area contributed by atoms with E-state index < -0.39 is 17.1 Å². The molecule has 1 aliphatic heterocycles. The highest BCUT2D eigenvalue weighted by molar-refractivity contribution is 6.02. The van der Waals surface area contributed by atoms with Crippen LogP contribution in [0.25, 0.3) is 0 Å². The van der Waals surface area contributed by atoms with Crippen molar-refractivity contribution >= 4 is 11.7 Å². The van der Waals surface area contributed by atoms with Crippen molar-refractivity contribution in [2.24, 2.45) is 5.41 Å². The highest BCUT2D eigenvalue weighted by atomic mass is 16.3. The third-order valence-corrected chi connectivity index (χ3v) is 2.87. The predicted molar refractivity (Wildman–Crippen MR) is 65.6 cm³/mol. The number of hydrogen-bond acceptors (Lipinski definition) is 3. The van der Waals surface area contributed by atoms with Crippen LogP contribution in [-0.4, -0.2) is 34.8 Å². The summed E-state index contributed by atoms with van der Waals surface area (Å²) in [5, 5.41) is 9.65. The molecule has 0 aromatic carbocycles. The van der Waals surface area contributed by atoms with Crippen molar-refractivity contribution in [1.29, 1.82) is 0 Å². The van der Waals surface area contributed by atoms with Crippen LogP contribution in [0.5, 0.6) is 0 Å². The number of amides is 1. The lowest BCUT2D eigenvalue weighted by Gasteiger charge is -2.26. The SMILES string of the molecule is CC(C)(C)C(=O)C=C(O)C(=O)N1CCCCC1. The van der Waals surface area contributed by atoms with Gasteiger partial charge in [0.15, 0.2) is 11.5 Å². The monoisotopic (exact) mass is 239 g/mol. The van der Waals surface area contributed by atoms with Crippen molar-refractivity contribution in [2.75, 3.05) is 13.1 Å². The van der Waals surface area contributed by atoms with Crippen LogP contribution >= 0.6 is 0 Å². The molecular formula is C13H21NO3. The lowest BCUT2D eigenvalue weighted by Crippen LogP contribution is -2.37. The number of ketones is 1. The first-order valence-electron chi connectivity index (χ1n) is 6.07. The van der Waals surface area contributed by atoms with Gasteiger partial charge >= 0.3 is 0 Å². The topological polar surface area (TPSA) is 57.6 Å². The highest BCUT2D eigenvalue weighted by Gasteiger charge is 2.24. The molecule has 4 nitrogen and oxygen atoms in total. The molecule has 0 saturated carbocycles. The number of likely N-dealkylation sites (tertiary alicyclic amines) is 1. The van der Waals surface area contributed by atoms with Crippen molar-refractivity contribution in [3.05, 3.63) is 11.8 Å². The average molecular weight is 239 g/mol. The van der Waals surface area contributed by atoms with Gasteiger partial charge in [0.25, 0.3) is 5.91 Å². The number of rotatable bonds is 2. The third-order valence-electron chi connectivity index (χ3n) is 2.87. The molecule has 17 heavy (non-hydrogen) atoms. The summed E-state index contributed by atoms with van der Waals surface area (Å²) in [5.74, 6) is -1.10. The number of allylic oxidation sites excluding steroid dienone is 1. The fourth-order valence-electron chi connectivity index (χ4n) is 1.66. The molecule has 0 radical (unpaired) electrons. The van der Waals surface area contributed by atoms with Crippen molar-refractivity contribution in [3.8, 4) is 0 Å². The molecule has 1 heterocycles. The highest BCUT2D eigenvalue weighted by Crippen LogP contribution is 2.17. The Morgan fingerprint density at radius 2 is 1.65 bits per heavy atom. The van der Waals surface area contributed by atoms with Crippen LogP contribution in [0.2, 0.25) is 0 Å². The second-order valence-corrected chi connectivity index (χ2v) is 5.50. The van der Waals surface area contributed by atoms with Gasteiger partial charge in [0, 0.05) is 24.6 Å². The minimum atomic E-state index is -0.573. The third kappa shape index (κ3) is 3.88. The minimum Gasteiger partial charge on any atom is -0.503 e. The van der Waals surface area contributed by atoms with Crippen molar-refractivity contribution in [3.63, 3.8) is 0 Å². The first kappa shape index (κ1) is 13.7. The number of nitrogens with zero attached hydrogens (tertiary/aromatic N) is 1. The number of carbonyl (C=O) groups is 2. The zero-order chi connectivity index (χ0) is 13.1. The molecule has 1 fully saturated rings. The van der Waals surface area contributed by atoms with Crippen molar-refractivity contribution in [1.82, 2.24) is 4.90 Å². The maximum atomic E-state index is 11.8. The van der Waals surface area contributed by atoms with E-state index in [1.165, 1.54) is 0 Å². The van der Waals surface area contributed by atoms with Gasteiger partial charge in [0.05, 0.1) is 0 Å². The minimum absolute atomic E-state index is 0.236. The van der Waals surface area contributed by atoms with Crippen LogP contribution in [0.4, 0.5) is 0 Å². The quantitative estimate of drug-likeness (QED) is 0.592. The van der Waals surface area contributed by atoms with Crippen LogP contribution in [0, 0.1) is 5.41 Å². The normalized spacial score (nSPS) is 18.1. The standard InChI is InChI=1S/C13H21NO3/c1-13(2,3)11(16)9-10(15)12(17)14-7-5-4-6-8-14/h9,15H,4-8H2,1-3H3. The van der Waals surface area contributed by atoms with Gasteiger partial charge in [0.2, 0.25) is 0 Å². The number of aliphatic hydroxyl groups is 1. The summed E-state index contributed by atoms with van der Waals surface area (Å²) in [6, 6.07) is 0. The van der Waals surface area contributed by atoms with Crippen LogP contribution in [0.3, 0.4) is 0 Å². The summed E-state index contributed by atoms with van der Waals surface area (Å²) in [5.41, 5.74) is -0.573. The molecule has 0 bridgehead atoms. The molecular weight excluding hydrogens is 218 g/mol. The van der Waals surface area contributed by atoms with E-state index in [0.29, 0.717) is 13.1 Å². The predicted octanol–water partition coefficient (Wildman–Crippen LogP) is 2.06. The Hall–Kier alpha value is -1.32. The van der Waals surface area contributed by atoms with Gasteiger partial charge in [-0.3, -0.25) is 9.59 Å². The summed E-state index contributed by atoms with van der Waals surface area (Å²) < 4.78 is 0. The van der Waals surface area contributed by atoms with E-state index in [1.807, 2.05) is 0 Å². The zero-order valence-corrected chi connectivity index (χ0v) is 10.8. The number of carbonyl (C=O) groups excluding carboxylic acids is 2. The van der Waals surface area contributed by atoms with E-state index in [4.69, 9.17) is 0 Å². The van der Waals surface area contributed by atoms with Gasteiger partial charge in [-0.2, -0.15) is 0 Å². The average Bonchev–Trinajstić information content (AvgIpc) is 2.27. The molecule has 1 amide bonds. The summed E-state index contributed by atoms with van der Waals surface area (Å²) in [6.07, 6.45) is 4.10. The number of piperidine rings is 1. The number of aliphatic hydroxyl groups excluding tert-OH is 1. The van der Waals surface area contributed by atoms with Crippen LogP contribution in [-0.2, 0) is 9.59 Å². The largest absolute Gasteiger partial charge is 0.503 e. The van der Waals surface area contributed by atoms with E-state index in [0.717, 1.165) is 25.3 Å². The molecule has 0 aliphatic carbocycles. The van der Waals surface area contributed by atoms with Crippen molar-refractivity contribution in [2.45, 2.75) is 40.0 Å². The molecule has 0 atom stereocenters.